The summed E-state index contributed by atoms with van der Waals surface area (Å²) in [6, 6.07) is 1.56. The van der Waals surface area contributed by atoms with Crippen LogP contribution in [0.15, 0.2) is 0 Å². The Morgan fingerprint density at radius 2 is 1.20 bits per heavy atom. The highest BCUT2D eigenvalue weighted by atomic mass is 35.5. The summed E-state index contributed by atoms with van der Waals surface area (Å²) in [5.74, 6) is 0. The Morgan fingerprint density at radius 3 is 1.53 bits per heavy atom. The molecule has 7 heteroatoms. The van der Waals surface area contributed by atoms with Crippen molar-refractivity contribution >= 4 is 58.0 Å². The number of benzene rings is 1. The molecule has 0 heterocycles. The van der Waals surface area contributed by atoms with Gasteiger partial charge in [0.1, 0.15) is 0 Å². The molecule has 0 fully saturated rings. The number of hydrogen-bond acceptors (Lipinski definition) is 2. The number of nitrogens with zero attached hydrogens (tertiary/aromatic N) is 1. The zero-order chi connectivity index (χ0) is 11.7. The van der Waals surface area contributed by atoms with Gasteiger partial charge in [-0.1, -0.05) is 58.0 Å². The van der Waals surface area contributed by atoms with Crippen LogP contribution in [0.5, 0.6) is 0 Å². The van der Waals surface area contributed by atoms with Crippen molar-refractivity contribution in [1.82, 2.24) is 0 Å². The lowest BCUT2D eigenvalue weighted by Crippen LogP contribution is -1.98. The Kier molecular flexibility index (Phi) is 4.37. The van der Waals surface area contributed by atoms with E-state index >= 15 is 0 Å². The predicted molar refractivity (Wildman–Crippen MR) is 62.1 cm³/mol. The zero-order valence-electron chi connectivity index (χ0n) is 6.86. The van der Waals surface area contributed by atoms with Gasteiger partial charge in [-0.25, -0.2) is 0 Å². The summed E-state index contributed by atoms with van der Waals surface area (Å²) in [5, 5.41) is 17.6. The molecular weight excluding hydrogens is 303 g/mol. The minimum absolute atomic E-state index is 0.0118. The highest BCUT2D eigenvalue weighted by Gasteiger charge is 2.23. The van der Waals surface area contributed by atoms with Gasteiger partial charge in [0.25, 0.3) is 0 Å². The highest BCUT2D eigenvalue weighted by Crippen LogP contribution is 2.45. The summed E-state index contributed by atoms with van der Waals surface area (Å²) >= 11 is 28.7. The summed E-state index contributed by atoms with van der Waals surface area (Å²) in [4.78, 5) is 0. The normalized spacial score (nSPS) is 12.3. The minimum Gasteiger partial charge on any atom is -0.374 e. The topological polar surface area (TPSA) is 44.0 Å². The van der Waals surface area contributed by atoms with Gasteiger partial charge in [-0.2, -0.15) is 5.26 Å². The molecular formula is C8H2Cl5NO. The molecule has 0 saturated heterocycles. The molecule has 15 heavy (non-hydrogen) atoms. The minimum atomic E-state index is -1.50. The lowest BCUT2D eigenvalue weighted by atomic mass is 10.1. The SMILES string of the molecule is N#CC(O)c1c(Cl)c(Cl)c(Cl)c(Cl)c1Cl. The Bertz CT molecular complexity index is 424. The second kappa shape index (κ2) is 4.97. The monoisotopic (exact) mass is 303 g/mol. The van der Waals surface area contributed by atoms with E-state index in [0.29, 0.717) is 0 Å². The van der Waals surface area contributed by atoms with Gasteiger partial charge in [-0.05, 0) is 0 Å². The fraction of sp³-hybridized carbons (Fsp3) is 0.125. The van der Waals surface area contributed by atoms with E-state index in [0.717, 1.165) is 0 Å². The van der Waals surface area contributed by atoms with Crippen LogP contribution >= 0.6 is 58.0 Å². The second-order valence-electron chi connectivity index (χ2n) is 2.52. The van der Waals surface area contributed by atoms with Crippen molar-refractivity contribution in [2.75, 3.05) is 0 Å². The number of hydrogen-bond donors (Lipinski definition) is 1. The van der Waals surface area contributed by atoms with E-state index in [-0.39, 0.29) is 30.7 Å². The summed E-state index contributed by atoms with van der Waals surface area (Å²) in [5.41, 5.74) is -0.0415. The lowest BCUT2D eigenvalue weighted by molar-refractivity contribution is 0.236. The average Bonchev–Trinajstić information content (AvgIpc) is 2.23. The maximum atomic E-state index is 9.34. The molecule has 0 spiro atoms. The average molecular weight is 305 g/mol. The number of halogens is 5. The molecule has 0 aliphatic carbocycles. The van der Waals surface area contributed by atoms with Crippen molar-refractivity contribution in [3.63, 3.8) is 0 Å². The molecule has 1 aromatic rings. The van der Waals surface area contributed by atoms with Crippen LogP contribution < -0.4 is 0 Å². The third kappa shape index (κ3) is 2.29. The van der Waals surface area contributed by atoms with Gasteiger partial charge in [0.05, 0.1) is 31.2 Å². The van der Waals surface area contributed by atoms with E-state index in [1.54, 1.807) is 6.07 Å². The number of aliphatic hydroxyl groups is 1. The van der Waals surface area contributed by atoms with E-state index < -0.39 is 6.10 Å². The quantitative estimate of drug-likeness (QED) is 0.471. The fourth-order valence-electron chi connectivity index (χ4n) is 0.926. The first-order valence-corrected chi connectivity index (χ1v) is 5.39. The van der Waals surface area contributed by atoms with Crippen molar-refractivity contribution in [2.45, 2.75) is 6.10 Å². The van der Waals surface area contributed by atoms with Gasteiger partial charge in [-0.15, -0.1) is 0 Å². The summed E-state index contributed by atoms with van der Waals surface area (Å²) < 4.78 is 0. The molecule has 0 aromatic heterocycles. The Morgan fingerprint density at radius 1 is 0.867 bits per heavy atom. The first kappa shape index (κ1) is 13.2. The molecule has 1 unspecified atom stereocenters. The fourth-order valence-corrected chi connectivity index (χ4v) is 2.29. The van der Waals surface area contributed by atoms with Crippen molar-refractivity contribution in [3.8, 4) is 6.07 Å². The van der Waals surface area contributed by atoms with E-state index in [1.165, 1.54) is 0 Å². The smallest absolute Gasteiger partial charge is 0.168 e. The largest absolute Gasteiger partial charge is 0.374 e. The third-order valence-corrected chi connectivity index (χ3v) is 3.95. The lowest BCUT2D eigenvalue weighted by Gasteiger charge is -2.12. The van der Waals surface area contributed by atoms with Crippen LogP contribution in [0.2, 0.25) is 25.1 Å². The van der Waals surface area contributed by atoms with E-state index in [4.69, 9.17) is 63.3 Å². The summed E-state index contributed by atoms with van der Waals surface area (Å²) in [6.07, 6.45) is -1.50. The molecule has 80 valence electrons. The molecule has 1 N–H and O–H groups in total. The Balaban J connectivity index is 3.61. The molecule has 0 aliphatic heterocycles. The van der Waals surface area contributed by atoms with Gasteiger partial charge in [0.15, 0.2) is 6.10 Å². The van der Waals surface area contributed by atoms with Crippen molar-refractivity contribution in [2.24, 2.45) is 0 Å². The standard InChI is InChI=1S/C8H2Cl5NO/c9-4-3(2(15)1-14)5(10)7(12)8(13)6(4)11/h2,15H. The number of nitriles is 1. The highest BCUT2D eigenvalue weighted by molar-refractivity contribution is 6.55. The molecule has 0 saturated carbocycles. The van der Waals surface area contributed by atoms with Crippen LogP contribution in [-0.2, 0) is 0 Å². The van der Waals surface area contributed by atoms with Crippen LogP contribution in [-0.4, -0.2) is 5.11 Å². The van der Waals surface area contributed by atoms with Crippen LogP contribution in [0.25, 0.3) is 0 Å². The molecule has 0 amide bonds. The van der Waals surface area contributed by atoms with Gasteiger partial charge in [0.2, 0.25) is 0 Å². The predicted octanol–water partition coefficient (Wildman–Crippen LogP) is 4.51. The number of rotatable bonds is 1. The van der Waals surface area contributed by atoms with Crippen molar-refractivity contribution in [3.05, 3.63) is 30.7 Å². The van der Waals surface area contributed by atoms with Gasteiger partial charge < -0.3 is 5.11 Å². The molecule has 0 aliphatic rings. The summed E-state index contributed by atoms with van der Waals surface area (Å²) in [7, 11) is 0. The maximum Gasteiger partial charge on any atom is 0.168 e. The molecule has 0 bridgehead atoms. The van der Waals surface area contributed by atoms with E-state index in [9.17, 15) is 5.11 Å². The third-order valence-electron chi connectivity index (χ3n) is 1.64. The Hall–Kier alpha value is 0.120. The number of aliphatic hydroxyl groups excluding tert-OH is 1. The molecule has 1 aromatic carbocycles. The molecule has 1 rings (SSSR count). The van der Waals surface area contributed by atoms with Crippen LogP contribution in [0.1, 0.15) is 11.7 Å². The van der Waals surface area contributed by atoms with Crippen molar-refractivity contribution in [1.29, 1.82) is 5.26 Å². The maximum absolute atomic E-state index is 9.34. The molecule has 0 radical (unpaired) electrons. The zero-order valence-corrected chi connectivity index (χ0v) is 10.6. The van der Waals surface area contributed by atoms with Crippen LogP contribution in [0, 0.1) is 11.3 Å². The Labute approximate surface area is 111 Å². The van der Waals surface area contributed by atoms with Crippen molar-refractivity contribution < 1.29 is 5.11 Å². The first-order valence-electron chi connectivity index (χ1n) is 3.50. The molecule has 1 atom stereocenters. The van der Waals surface area contributed by atoms with Crippen LogP contribution in [0.4, 0.5) is 0 Å². The van der Waals surface area contributed by atoms with E-state index in [1.807, 2.05) is 0 Å². The second-order valence-corrected chi connectivity index (χ2v) is 4.41. The van der Waals surface area contributed by atoms with Crippen LogP contribution in [0.3, 0.4) is 0 Å². The molecule has 2 nitrogen and oxygen atoms in total. The van der Waals surface area contributed by atoms with Gasteiger partial charge in [-0.3, -0.25) is 0 Å². The van der Waals surface area contributed by atoms with E-state index in [2.05, 4.69) is 0 Å². The first-order chi connectivity index (χ1) is 6.91. The van der Waals surface area contributed by atoms with Gasteiger partial charge in [0, 0.05) is 5.56 Å². The van der Waals surface area contributed by atoms with Gasteiger partial charge >= 0.3 is 0 Å². The summed E-state index contributed by atoms with van der Waals surface area (Å²) in [6.45, 7) is 0.